The zero-order valence-corrected chi connectivity index (χ0v) is 15.6. The molecule has 0 aliphatic rings. The molecule has 0 fully saturated rings. The minimum Gasteiger partial charge on any atom is -0.444 e. The predicted molar refractivity (Wildman–Crippen MR) is 105 cm³/mol. The molecule has 0 aliphatic carbocycles. The van der Waals surface area contributed by atoms with Gasteiger partial charge in [-0.3, -0.25) is 4.79 Å². The quantitative estimate of drug-likeness (QED) is 0.484. The molecule has 0 saturated carbocycles. The molecule has 0 saturated heterocycles. The van der Waals surface area contributed by atoms with Gasteiger partial charge in [0.05, 0.1) is 0 Å². The number of fused-ring (bicyclic) bond motifs is 2. The van der Waals surface area contributed by atoms with Crippen LogP contribution in [0.5, 0.6) is 0 Å². The third-order valence-electron chi connectivity index (χ3n) is 4.30. The molecular formula is C22H23NO3. The maximum absolute atomic E-state index is 12.4. The first-order chi connectivity index (χ1) is 12.3. The number of nitrogens with zero attached hydrogens (tertiary/aromatic N) is 1. The van der Waals surface area contributed by atoms with Gasteiger partial charge >= 0.3 is 6.09 Å². The number of rotatable bonds is 3. The number of amides is 1. The number of hydrogen-bond donors (Lipinski definition) is 0. The van der Waals surface area contributed by atoms with Crippen molar-refractivity contribution in [3.63, 3.8) is 0 Å². The van der Waals surface area contributed by atoms with Crippen molar-refractivity contribution in [2.24, 2.45) is 0 Å². The number of carbonyl (C=O) groups is 2. The summed E-state index contributed by atoms with van der Waals surface area (Å²) >= 11 is 0. The average Bonchev–Trinajstić information content (AvgIpc) is 2.60. The van der Waals surface area contributed by atoms with E-state index in [1.807, 2.05) is 69.3 Å². The first kappa shape index (κ1) is 17.9. The van der Waals surface area contributed by atoms with E-state index in [1.165, 1.54) is 0 Å². The monoisotopic (exact) mass is 349 g/mol. The highest BCUT2D eigenvalue weighted by Crippen LogP contribution is 2.33. The van der Waals surface area contributed by atoms with E-state index in [4.69, 9.17) is 4.74 Å². The number of ether oxygens (including phenoxy) is 1. The normalized spacial score (nSPS) is 11.5. The Hall–Kier alpha value is -2.88. The van der Waals surface area contributed by atoms with Crippen LogP contribution in [0, 0.1) is 0 Å². The molecule has 0 aliphatic heterocycles. The smallest absolute Gasteiger partial charge is 0.410 e. The van der Waals surface area contributed by atoms with Crippen LogP contribution < -0.4 is 0 Å². The van der Waals surface area contributed by atoms with Crippen LogP contribution >= 0.6 is 0 Å². The molecule has 3 aromatic carbocycles. The molecule has 0 heterocycles. The van der Waals surface area contributed by atoms with Gasteiger partial charge in [0.2, 0.25) is 0 Å². The molecule has 4 nitrogen and oxygen atoms in total. The maximum atomic E-state index is 12.4. The summed E-state index contributed by atoms with van der Waals surface area (Å²) in [5.41, 5.74) is 1.15. The van der Waals surface area contributed by atoms with E-state index >= 15 is 0 Å². The summed E-state index contributed by atoms with van der Waals surface area (Å²) in [5.74, 6) is 0. The van der Waals surface area contributed by atoms with E-state index in [-0.39, 0.29) is 6.09 Å². The van der Waals surface area contributed by atoms with E-state index in [2.05, 4.69) is 0 Å². The molecular weight excluding hydrogens is 326 g/mol. The molecule has 3 aromatic rings. The second kappa shape index (κ2) is 6.79. The molecule has 0 radical (unpaired) electrons. The Morgan fingerprint density at radius 2 is 1.42 bits per heavy atom. The molecule has 0 bridgehead atoms. The fourth-order valence-corrected chi connectivity index (χ4v) is 3.19. The predicted octanol–water partition coefficient (Wildman–Crippen LogP) is 5.17. The highest BCUT2D eigenvalue weighted by Gasteiger charge is 2.21. The lowest BCUT2D eigenvalue weighted by molar-refractivity contribution is 0.0286. The van der Waals surface area contributed by atoms with Gasteiger partial charge in [0.25, 0.3) is 0 Å². The lowest BCUT2D eigenvalue weighted by Crippen LogP contribution is -2.33. The van der Waals surface area contributed by atoms with Gasteiger partial charge in [-0.1, -0.05) is 48.5 Å². The topological polar surface area (TPSA) is 46.6 Å². The summed E-state index contributed by atoms with van der Waals surface area (Å²) < 4.78 is 5.47. The SMILES string of the molecule is CN(Cc1c2ccccc2c(C=O)c2ccccc12)C(=O)OC(C)(C)C. The Kier molecular flexibility index (Phi) is 4.68. The number of hydrogen-bond acceptors (Lipinski definition) is 3. The van der Waals surface area contributed by atoms with Crippen LogP contribution in [0.2, 0.25) is 0 Å². The van der Waals surface area contributed by atoms with Gasteiger partial charge in [-0.15, -0.1) is 0 Å². The van der Waals surface area contributed by atoms with Crippen LogP contribution in [0.1, 0.15) is 36.7 Å². The first-order valence-electron chi connectivity index (χ1n) is 8.63. The van der Waals surface area contributed by atoms with Gasteiger partial charge in [0.1, 0.15) is 5.60 Å². The van der Waals surface area contributed by atoms with Gasteiger partial charge < -0.3 is 9.64 Å². The van der Waals surface area contributed by atoms with Crippen molar-refractivity contribution in [2.45, 2.75) is 32.9 Å². The number of carbonyl (C=O) groups excluding carboxylic acids is 2. The summed E-state index contributed by atoms with van der Waals surface area (Å²) in [6.45, 7) is 5.95. The number of benzene rings is 3. The van der Waals surface area contributed by atoms with Crippen molar-refractivity contribution >= 4 is 33.9 Å². The van der Waals surface area contributed by atoms with Gasteiger partial charge in [0, 0.05) is 19.2 Å². The molecule has 26 heavy (non-hydrogen) atoms. The number of aldehydes is 1. The standard InChI is InChI=1S/C22H23NO3/c1-22(2,3)26-21(25)23(4)13-19-15-9-5-7-11-17(15)20(14-24)18-12-8-6-10-16(18)19/h5-12,14H,13H2,1-4H3. The first-order valence-corrected chi connectivity index (χ1v) is 8.63. The van der Waals surface area contributed by atoms with Crippen LogP contribution in [0.15, 0.2) is 48.5 Å². The minimum absolute atomic E-state index is 0.370. The fraction of sp³-hybridized carbons (Fsp3) is 0.273. The molecule has 0 unspecified atom stereocenters. The van der Waals surface area contributed by atoms with Crippen molar-refractivity contribution in [3.8, 4) is 0 Å². The van der Waals surface area contributed by atoms with Gasteiger partial charge in [0.15, 0.2) is 6.29 Å². The molecule has 3 rings (SSSR count). The van der Waals surface area contributed by atoms with Crippen LogP contribution in [-0.4, -0.2) is 29.9 Å². The summed E-state index contributed by atoms with van der Waals surface area (Å²) in [6.07, 6.45) is 0.539. The van der Waals surface area contributed by atoms with Crippen LogP contribution in [-0.2, 0) is 11.3 Å². The van der Waals surface area contributed by atoms with Crippen molar-refractivity contribution in [3.05, 3.63) is 59.7 Å². The maximum Gasteiger partial charge on any atom is 0.410 e. The van der Waals surface area contributed by atoms with Crippen LogP contribution in [0.3, 0.4) is 0 Å². The van der Waals surface area contributed by atoms with Gasteiger partial charge in [-0.05, 0) is 47.9 Å². The lowest BCUT2D eigenvalue weighted by Gasteiger charge is -2.25. The summed E-state index contributed by atoms with van der Waals surface area (Å²) in [5, 5.41) is 3.75. The van der Waals surface area contributed by atoms with Crippen molar-refractivity contribution < 1.29 is 14.3 Å². The second-order valence-corrected chi connectivity index (χ2v) is 7.44. The Bertz CT molecular complexity index is 929. The highest BCUT2D eigenvalue weighted by atomic mass is 16.6. The third kappa shape index (κ3) is 3.40. The average molecular weight is 349 g/mol. The minimum atomic E-state index is -0.545. The van der Waals surface area contributed by atoms with Gasteiger partial charge in [-0.2, -0.15) is 0 Å². The molecule has 4 heteroatoms. The highest BCUT2D eigenvalue weighted by molar-refractivity contribution is 6.14. The van der Waals surface area contributed by atoms with Crippen LogP contribution in [0.4, 0.5) is 4.79 Å². The van der Waals surface area contributed by atoms with E-state index in [1.54, 1.807) is 11.9 Å². The Morgan fingerprint density at radius 3 is 1.85 bits per heavy atom. The third-order valence-corrected chi connectivity index (χ3v) is 4.30. The Balaban J connectivity index is 2.15. The molecule has 0 N–H and O–H groups in total. The van der Waals surface area contributed by atoms with Crippen molar-refractivity contribution in [1.82, 2.24) is 4.90 Å². The van der Waals surface area contributed by atoms with Crippen molar-refractivity contribution in [2.75, 3.05) is 7.05 Å². The molecule has 0 aromatic heterocycles. The fourth-order valence-electron chi connectivity index (χ4n) is 3.19. The summed E-state index contributed by atoms with van der Waals surface area (Å²) in [6, 6.07) is 15.6. The second-order valence-electron chi connectivity index (χ2n) is 7.44. The zero-order chi connectivity index (χ0) is 18.9. The van der Waals surface area contributed by atoms with Gasteiger partial charge in [-0.25, -0.2) is 4.79 Å². The molecule has 0 atom stereocenters. The molecule has 1 amide bonds. The van der Waals surface area contributed by atoms with E-state index in [9.17, 15) is 9.59 Å². The zero-order valence-electron chi connectivity index (χ0n) is 15.6. The van der Waals surface area contributed by atoms with Crippen LogP contribution in [0.25, 0.3) is 21.5 Å². The summed E-state index contributed by atoms with van der Waals surface area (Å²) in [7, 11) is 1.73. The van der Waals surface area contributed by atoms with E-state index in [0.717, 1.165) is 33.4 Å². The Morgan fingerprint density at radius 1 is 0.962 bits per heavy atom. The van der Waals surface area contributed by atoms with Crippen molar-refractivity contribution in [1.29, 1.82) is 0 Å². The molecule has 134 valence electrons. The summed E-state index contributed by atoms with van der Waals surface area (Å²) in [4.78, 5) is 25.7. The molecule has 0 spiro atoms. The Labute approximate surface area is 153 Å². The largest absolute Gasteiger partial charge is 0.444 e. The lowest BCUT2D eigenvalue weighted by atomic mass is 9.92. The van der Waals surface area contributed by atoms with E-state index in [0.29, 0.717) is 12.1 Å². The van der Waals surface area contributed by atoms with E-state index < -0.39 is 5.60 Å².